The Morgan fingerprint density at radius 3 is 2.74 bits per heavy atom. The van der Waals surface area contributed by atoms with Gasteiger partial charge in [-0.25, -0.2) is 4.98 Å². The molecule has 4 heteroatoms. The predicted octanol–water partition coefficient (Wildman–Crippen LogP) is 2.94. The fraction of sp³-hybridized carbons (Fsp3) is 0.400. The summed E-state index contributed by atoms with van der Waals surface area (Å²) in [5.41, 5.74) is 1.55. The zero-order valence-corrected chi connectivity index (χ0v) is 11.6. The second-order valence-electron chi connectivity index (χ2n) is 4.69. The summed E-state index contributed by atoms with van der Waals surface area (Å²) in [6.45, 7) is 6.63. The molecule has 19 heavy (non-hydrogen) atoms. The number of hydrogen-bond acceptors (Lipinski definition) is 3. The average Bonchev–Trinajstić information content (AvgIpc) is 2.88. The number of nitrogens with zero attached hydrogens (tertiary/aromatic N) is 2. The van der Waals surface area contributed by atoms with Gasteiger partial charge in [0.05, 0.1) is 24.8 Å². The van der Waals surface area contributed by atoms with Gasteiger partial charge in [-0.15, -0.1) is 0 Å². The standard InChI is InChI=1S/C15H20N2O2/c1-4-19-14-8-6-5-7-12(14)15(18)13-9-16-10-17(13)11(2)3/h5-11,15,18H,4H2,1-3H3. The molecule has 0 aliphatic heterocycles. The number of para-hydroxylation sites is 1. The Kier molecular flexibility index (Phi) is 4.22. The van der Waals surface area contributed by atoms with Crippen molar-refractivity contribution in [3.8, 4) is 5.75 Å². The van der Waals surface area contributed by atoms with Crippen LogP contribution in [0.4, 0.5) is 0 Å². The molecule has 0 saturated heterocycles. The number of aliphatic hydroxyl groups is 1. The Morgan fingerprint density at radius 2 is 2.05 bits per heavy atom. The van der Waals surface area contributed by atoms with E-state index in [0.717, 1.165) is 11.3 Å². The first-order valence-corrected chi connectivity index (χ1v) is 6.56. The lowest BCUT2D eigenvalue weighted by Gasteiger charge is -2.19. The fourth-order valence-electron chi connectivity index (χ4n) is 2.11. The molecule has 2 rings (SSSR count). The van der Waals surface area contributed by atoms with E-state index in [4.69, 9.17) is 4.74 Å². The maximum Gasteiger partial charge on any atom is 0.125 e. The van der Waals surface area contributed by atoms with Crippen LogP contribution in [0.5, 0.6) is 5.75 Å². The summed E-state index contributed by atoms with van der Waals surface area (Å²) in [4.78, 5) is 4.13. The van der Waals surface area contributed by atoms with Crippen molar-refractivity contribution in [2.24, 2.45) is 0 Å². The second-order valence-corrected chi connectivity index (χ2v) is 4.69. The number of aromatic nitrogens is 2. The number of ether oxygens (including phenoxy) is 1. The molecule has 1 aromatic heterocycles. The third-order valence-corrected chi connectivity index (χ3v) is 3.05. The van der Waals surface area contributed by atoms with Crippen LogP contribution >= 0.6 is 0 Å². The molecule has 1 heterocycles. The van der Waals surface area contributed by atoms with E-state index in [-0.39, 0.29) is 6.04 Å². The number of rotatable bonds is 5. The lowest BCUT2D eigenvalue weighted by Crippen LogP contribution is -2.11. The Hall–Kier alpha value is -1.81. The average molecular weight is 260 g/mol. The van der Waals surface area contributed by atoms with Crippen molar-refractivity contribution in [3.05, 3.63) is 48.0 Å². The molecule has 1 aromatic carbocycles. The van der Waals surface area contributed by atoms with E-state index in [0.29, 0.717) is 12.4 Å². The third kappa shape index (κ3) is 2.79. The van der Waals surface area contributed by atoms with Crippen LogP contribution in [-0.4, -0.2) is 21.3 Å². The summed E-state index contributed by atoms with van der Waals surface area (Å²) >= 11 is 0. The lowest BCUT2D eigenvalue weighted by molar-refractivity contribution is 0.200. The third-order valence-electron chi connectivity index (χ3n) is 3.05. The van der Waals surface area contributed by atoms with Crippen LogP contribution in [0.15, 0.2) is 36.8 Å². The fourth-order valence-corrected chi connectivity index (χ4v) is 2.11. The van der Waals surface area contributed by atoms with E-state index in [9.17, 15) is 5.11 Å². The van der Waals surface area contributed by atoms with E-state index in [1.165, 1.54) is 0 Å². The minimum absolute atomic E-state index is 0.256. The van der Waals surface area contributed by atoms with Gasteiger partial charge in [-0.2, -0.15) is 0 Å². The first kappa shape index (κ1) is 13.6. The molecule has 0 fully saturated rings. The summed E-state index contributed by atoms with van der Waals surface area (Å²) in [5, 5.41) is 10.6. The number of imidazole rings is 1. The molecular formula is C15H20N2O2. The van der Waals surface area contributed by atoms with Crippen LogP contribution in [0.25, 0.3) is 0 Å². The molecule has 0 radical (unpaired) electrons. The maximum atomic E-state index is 10.6. The van der Waals surface area contributed by atoms with Gasteiger partial charge in [-0.3, -0.25) is 0 Å². The number of benzene rings is 1. The van der Waals surface area contributed by atoms with Crippen molar-refractivity contribution in [1.82, 2.24) is 9.55 Å². The molecule has 0 saturated carbocycles. The van der Waals surface area contributed by atoms with E-state index in [2.05, 4.69) is 18.8 Å². The Morgan fingerprint density at radius 1 is 1.32 bits per heavy atom. The van der Waals surface area contributed by atoms with Gasteiger partial charge in [0, 0.05) is 11.6 Å². The summed E-state index contributed by atoms with van der Waals surface area (Å²) in [6, 6.07) is 7.82. The minimum atomic E-state index is -0.729. The first-order valence-electron chi connectivity index (χ1n) is 6.56. The topological polar surface area (TPSA) is 47.3 Å². The highest BCUT2D eigenvalue weighted by molar-refractivity contribution is 5.38. The SMILES string of the molecule is CCOc1ccccc1C(O)c1cncn1C(C)C. The van der Waals surface area contributed by atoms with Gasteiger partial charge < -0.3 is 14.4 Å². The second kappa shape index (κ2) is 5.89. The van der Waals surface area contributed by atoms with Crippen molar-refractivity contribution in [3.63, 3.8) is 0 Å². The molecule has 1 N–H and O–H groups in total. The van der Waals surface area contributed by atoms with Crippen molar-refractivity contribution < 1.29 is 9.84 Å². The van der Waals surface area contributed by atoms with Gasteiger partial charge in [-0.05, 0) is 26.8 Å². The zero-order valence-electron chi connectivity index (χ0n) is 11.6. The largest absolute Gasteiger partial charge is 0.493 e. The van der Waals surface area contributed by atoms with Crippen molar-refractivity contribution >= 4 is 0 Å². The quantitative estimate of drug-likeness (QED) is 0.899. The highest BCUT2D eigenvalue weighted by Crippen LogP contribution is 2.30. The molecule has 0 bridgehead atoms. The van der Waals surface area contributed by atoms with E-state index in [1.54, 1.807) is 12.5 Å². The van der Waals surface area contributed by atoms with Gasteiger partial charge >= 0.3 is 0 Å². The summed E-state index contributed by atoms with van der Waals surface area (Å²) in [6.07, 6.45) is 2.72. The van der Waals surface area contributed by atoms with Crippen molar-refractivity contribution in [1.29, 1.82) is 0 Å². The van der Waals surface area contributed by atoms with E-state index >= 15 is 0 Å². The highest BCUT2D eigenvalue weighted by Gasteiger charge is 2.19. The van der Waals surface area contributed by atoms with Crippen LogP contribution < -0.4 is 4.74 Å². The summed E-state index contributed by atoms with van der Waals surface area (Å²) in [5.74, 6) is 0.717. The predicted molar refractivity (Wildman–Crippen MR) is 74.3 cm³/mol. The maximum absolute atomic E-state index is 10.6. The van der Waals surface area contributed by atoms with Crippen LogP contribution in [0.1, 0.15) is 44.2 Å². The highest BCUT2D eigenvalue weighted by atomic mass is 16.5. The van der Waals surface area contributed by atoms with Crippen LogP contribution in [0.2, 0.25) is 0 Å². The Bertz CT molecular complexity index is 534. The van der Waals surface area contributed by atoms with Gasteiger partial charge in [0.15, 0.2) is 0 Å². The normalized spacial score (nSPS) is 12.7. The van der Waals surface area contributed by atoms with E-state index in [1.807, 2.05) is 35.8 Å². The van der Waals surface area contributed by atoms with Gasteiger partial charge in [0.25, 0.3) is 0 Å². The first-order chi connectivity index (χ1) is 9.15. The molecule has 1 unspecified atom stereocenters. The summed E-state index contributed by atoms with van der Waals surface area (Å²) in [7, 11) is 0. The van der Waals surface area contributed by atoms with Gasteiger partial charge in [-0.1, -0.05) is 18.2 Å². The molecule has 2 aromatic rings. The monoisotopic (exact) mass is 260 g/mol. The Balaban J connectivity index is 2.38. The molecule has 4 nitrogen and oxygen atoms in total. The van der Waals surface area contributed by atoms with E-state index < -0.39 is 6.10 Å². The molecule has 0 aliphatic rings. The molecule has 0 amide bonds. The van der Waals surface area contributed by atoms with Crippen molar-refractivity contribution in [2.75, 3.05) is 6.61 Å². The molecular weight excluding hydrogens is 240 g/mol. The number of aliphatic hydroxyl groups excluding tert-OH is 1. The van der Waals surface area contributed by atoms with Crippen LogP contribution in [0, 0.1) is 0 Å². The molecule has 0 spiro atoms. The smallest absolute Gasteiger partial charge is 0.125 e. The zero-order chi connectivity index (χ0) is 13.8. The molecule has 1 atom stereocenters. The lowest BCUT2D eigenvalue weighted by atomic mass is 10.1. The summed E-state index contributed by atoms with van der Waals surface area (Å²) < 4.78 is 7.53. The van der Waals surface area contributed by atoms with Gasteiger partial charge in [0.1, 0.15) is 11.9 Å². The van der Waals surface area contributed by atoms with Gasteiger partial charge in [0.2, 0.25) is 0 Å². The number of hydrogen-bond donors (Lipinski definition) is 1. The minimum Gasteiger partial charge on any atom is -0.493 e. The molecule has 102 valence electrons. The van der Waals surface area contributed by atoms with Crippen molar-refractivity contribution in [2.45, 2.75) is 32.9 Å². The Labute approximate surface area is 113 Å². The van der Waals surface area contributed by atoms with Crippen LogP contribution in [0.3, 0.4) is 0 Å². The molecule has 0 aliphatic carbocycles. The van der Waals surface area contributed by atoms with Crippen LogP contribution in [-0.2, 0) is 0 Å².